The second-order valence-electron chi connectivity index (χ2n) is 12.0. The molecule has 0 saturated carbocycles. The maximum atomic E-state index is 6.87. The summed E-state index contributed by atoms with van der Waals surface area (Å²) in [6.45, 7) is 6.78. The van der Waals surface area contributed by atoms with Crippen molar-refractivity contribution in [3.05, 3.63) is 150 Å². The number of furan rings is 1. The lowest BCUT2D eigenvalue weighted by Crippen LogP contribution is -2.14. The minimum Gasteiger partial charge on any atom is -0.456 e. The number of fused-ring (bicyclic) bond motifs is 3. The first-order valence-corrected chi connectivity index (χ1v) is 15.0. The molecule has 0 aliphatic carbocycles. The molecule has 0 N–H and O–H groups in total. The number of hydrogen-bond acceptors (Lipinski definition) is 2. The number of nitrogens with zero attached hydrogens (tertiary/aromatic N) is 1. The van der Waals surface area contributed by atoms with Gasteiger partial charge in [-0.2, -0.15) is 0 Å². The van der Waals surface area contributed by atoms with Crippen molar-refractivity contribution in [3.63, 3.8) is 0 Å². The summed E-state index contributed by atoms with van der Waals surface area (Å²) in [7, 11) is 0. The van der Waals surface area contributed by atoms with E-state index < -0.39 is 0 Å². The van der Waals surface area contributed by atoms with Gasteiger partial charge in [0.05, 0.1) is 5.69 Å². The van der Waals surface area contributed by atoms with Crippen LogP contribution in [0, 0.1) is 0 Å². The van der Waals surface area contributed by atoms with E-state index in [1.165, 1.54) is 5.56 Å². The maximum Gasteiger partial charge on any atom is 0.135 e. The summed E-state index contributed by atoms with van der Waals surface area (Å²) in [6.07, 6.45) is 0. The van der Waals surface area contributed by atoms with E-state index in [0.717, 1.165) is 61.3 Å². The number of hydrogen-bond donors (Lipinski definition) is 0. The third-order valence-corrected chi connectivity index (χ3v) is 8.27. The smallest absolute Gasteiger partial charge is 0.135 e. The Labute approximate surface area is 257 Å². The first kappa shape index (κ1) is 27.1. The molecule has 6 aromatic carbocycles. The molecule has 7 rings (SSSR count). The zero-order valence-corrected chi connectivity index (χ0v) is 25.3. The van der Waals surface area contributed by atoms with Crippen LogP contribution in [0.4, 0.5) is 17.1 Å². The molecule has 0 radical (unpaired) electrons. The zero-order chi connectivity index (χ0) is 29.6. The first-order valence-electron chi connectivity index (χ1n) is 14.6. The molecule has 1 aromatic heterocycles. The van der Waals surface area contributed by atoms with Crippen LogP contribution in [0.25, 0.3) is 44.2 Å². The van der Waals surface area contributed by atoms with Crippen molar-refractivity contribution in [1.29, 1.82) is 0 Å². The molecule has 0 aliphatic heterocycles. The molecule has 0 bridgehead atoms. The number of halogens is 1. The van der Waals surface area contributed by atoms with Crippen LogP contribution in [0.2, 0.25) is 5.02 Å². The molecule has 0 saturated heterocycles. The summed E-state index contributed by atoms with van der Waals surface area (Å²) in [6, 6.07) is 48.9. The first-order chi connectivity index (χ1) is 20.8. The highest BCUT2D eigenvalue weighted by Crippen LogP contribution is 2.45. The van der Waals surface area contributed by atoms with E-state index in [4.69, 9.17) is 16.0 Å². The molecule has 0 unspecified atom stereocenters. The van der Waals surface area contributed by atoms with Crippen molar-refractivity contribution in [3.8, 4) is 22.3 Å². The molecule has 0 fully saturated rings. The fourth-order valence-corrected chi connectivity index (χ4v) is 6.06. The maximum absolute atomic E-state index is 6.87. The van der Waals surface area contributed by atoms with E-state index >= 15 is 0 Å². The Morgan fingerprint density at radius 1 is 0.535 bits per heavy atom. The Balaban J connectivity index is 1.52. The Kier molecular flexibility index (Phi) is 6.80. The fourth-order valence-electron chi connectivity index (χ4n) is 5.83. The van der Waals surface area contributed by atoms with Gasteiger partial charge in [-0.1, -0.05) is 117 Å². The van der Waals surface area contributed by atoms with E-state index in [-0.39, 0.29) is 5.41 Å². The van der Waals surface area contributed by atoms with Crippen molar-refractivity contribution < 1.29 is 4.42 Å². The van der Waals surface area contributed by atoms with Crippen molar-refractivity contribution in [2.45, 2.75) is 26.2 Å². The normalized spacial score (nSPS) is 11.7. The average molecular weight is 578 g/mol. The highest BCUT2D eigenvalue weighted by Gasteiger charge is 2.23. The highest BCUT2D eigenvalue weighted by molar-refractivity contribution is 6.31. The lowest BCUT2D eigenvalue weighted by atomic mass is 9.84. The van der Waals surface area contributed by atoms with E-state index in [1.807, 2.05) is 24.3 Å². The van der Waals surface area contributed by atoms with Gasteiger partial charge in [-0.05, 0) is 82.3 Å². The molecule has 3 heteroatoms. The van der Waals surface area contributed by atoms with Crippen LogP contribution in [-0.4, -0.2) is 0 Å². The number of rotatable bonds is 5. The van der Waals surface area contributed by atoms with Crippen LogP contribution in [-0.2, 0) is 5.41 Å². The Morgan fingerprint density at radius 2 is 1.21 bits per heavy atom. The van der Waals surface area contributed by atoms with Crippen LogP contribution < -0.4 is 4.90 Å². The summed E-state index contributed by atoms with van der Waals surface area (Å²) in [5.41, 5.74) is 10.6. The average Bonchev–Trinajstić information content (AvgIpc) is 3.40. The second-order valence-corrected chi connectivity index (χ2v) is 12.5. The topological polar surface area (TPSA) is 16.4 Å². The summed E-state index contributed by atoms with van der Waals surface area (Å²) >= 11 is 6.87. The van der Waals surface area contributed by atoms with E-state index in [2.05, 4.69) is 141 Å². The minimum absolute atomic E-state index is 0.00194. The van der Waals surface area contributed by atoms with Gasteiger partial charge in [0.2, 0.25) is 0 Å². The van der Waals surface area contributed by atoms with Gasteiger partial charge < -0.3 is 9.32 Å². The monoisotopic (exact) mass is 577 g/mol. The Hall–Kier alpha value is -4.79. The minimum atomic E-state index is -0.00194. The van der Waals surface area contributed by atoms with Gasteiger partial charge in [0.1, 0.15) is 11.2 Å². The third-order valence-electron chi connectivity index (χ3n) is 8.05. The van der Waals surface area contributed by atoms with Crippen LogP contribution in [0.15, 0.2) is 144 Å². The summed E-state index contributed by atoms with van der Waals surface area (Å²) in [5.74, 6) is 0. The van der Waals surface area contributed by atoms with Crippen molar-refractivity contribution in [2.24, 2.45) is 0 Å². The molecule has 0 amide bonds. The molecular formula is C40H32ClNO. The van der Waals surface area contributed by atoms with Gasteiger partial charge in [0.15, 0.2) is 0 Å². The van der Waals surface area contributed by atoms with E-state index in [1.54, 1.807) is 0 Å². The van der Waals surface area contributed by atoms with Crippen LogP contribution >= 0.6 is 11.6 Å². The molecule has 1 heterocycles. The molecule has 0 aliphatic rings. The lowest BCUT2D eigenvalue weighted by Gasteiger charge is -2.30. The molecule has 43 heavy (non-hydrogen) atoms. The third kappa shape index (κ3) is 5.20. The SMILES string of the molecule is CC(C)(C)c1ccc(N(c2cc(Cl)cc(-c3ccccc3)c2)c2ccc3oc4ccccc4c3c2)c(-c2ccccc2)c1. The highest BCUT2D eigenvalue weighted by atomic mass is 35.5. The predicted octanol–water partition coefficient (Wildman–Crippen LogP) is 12.3. The van der Waals surface area contributed by atoms with E-state index in [9.17, 15) is 0 Å². The largest absolute Gasteiger partial charge is 0.456 e. The molecule has 0 spiro atoms. The van der Waals surface area contributed by atoms with E-state index in [0.29, 0.717) is 5.02 Å². The summed E-state index contributed by atoms with van der Waals surface area (Å²) in [5, 5.41) is 2.86. The van der Waals surface area contributed by atoms with Crippen molar-refractivity contribution in [2.75, 3.05) is 4.90 Å². The summed E-state index contributed by atoms with van der Waals surface area (Å²) < 4.78 is 6.20. The molecule has 0 atom stereocenters. The number of para-hydroxylation sites is 1. The van der Waals surface area contributed by atoms with Crippen LogP contribution in [0.5, 0.6) is 0 Å². The van der Waals surface area contributed by atoms with Gasteiger partial charge in [-0.3, -0.25) is 0 Å². The van der Waals surface area contributed by atoms with Gasteiger partial charge in [-0.25, -0.2) is 0 Å². The van der Waals surface area contributed by atoms with Gasteiger partial charge in [-0.15, -0.1) is 0 Å². The van der Waals surface area contributed by atoms with Gasteiger partial charge in [0, 0.05) is 32.7 Å². The van der Waals surface area contributed by atoms with Crippen LogP contribution in [0.3, 0.4) is 0 Å². The zero-order valence-electron chi connectivity index (χ0n) is 24.5. The second kappa shape index (κ2) is 10.8. The van der Waals surface area contributed by atoms with Crippen molar-refractivity contribution in [1.82, 2.24) is 0 Å². The number of benzene rings is 6. The number of anilines is 3. The van der Waals surface area contributed by atoms with Crippen LogP contribution in [0.1, 0.15) is 26.3 Å². The molecular weight excluding hydrogens is 546 g/mol. The molecule has 2 nitrogen and oxygen atoms in total. The molecule has 7 aromatic rings. The van der Waals surface area contributed by atoms with Gasteiger partial charge >= 0.3 is 0 Å². The van der Waals surface area contributed by atoms with Gasteiger partial charge in [0.25, 0.3) is 0 Å². The van der Waals surface area contributed by atoms with Crippen molar-refractivity contribution >= 4 is 50.6 Å². The standard InChI is InChI=1S/C40H32ClNO/c1-40(2,3)30-18-20-37(35(24-30)28-14-8-5-9-15-28)42(33-23-29(22-31(41)25-33)27-12-6-4-7-13-27)32-19-21-39-36(26-32)34-16-10-11-17-38(34)43-39/h4-26H,1-3H3. The Morgan fingerprint density at radius 3 is 1.95 bits per heavy atom. The quantitative estimate of drug-likeness (QED) is 0.202. The molecule has 210 valence electrons. The predicted molar refractivity (Wildman–Crippen MR) is 183 cm³/mol. The fraction of sp³-hybridized carbons (Fsp3) is 0.100. The lowest BCUT2D eigenvalue weighted by molar-refractivity contribution is 0.590. The summed E-state index contributed by atoms with van der Waals surface area (Å²) in [4.78, 5) is 2.33. The Bertz CT molecular complexity index is 2070.